The van der Waals surface area contributed by atoms with E-state index in [1.54, 1.807) is 20.8 Å². The lowest BCUT2D eigenvalue weighted by molar-refractivity contribution is -0.157. The Hall–Kier alpha value is -1.37. The molecule has 140 valence electrons. The summed E-state index contributed by atoms with van der Waals surface area (Å²) in [6, 6.07) is -0.517. The van der Waals surface area contributed by atoms with Gasteiger partial charge >= 0.3 is 12.1 Å². The summed E-state index contributed by atoms with van der Waals surface area (Å²) in [5.74, 6) is -0.337. The Bertz CT molecular complexity index is 439. The van der Waals surface area contributed by atoms with Crippen molar-refractivity contribution in [2.75, 3.05) is 6.54 Å². The van der Waals surface area contributed by atoms with Gasteiger partial charge in [-0.15, -0.1) is 0 Å². The topological polar surface area (TPSA) is 76.7 Å². The van der Waals surface area contributed by atoms with Crippen LogP contribution in [0, 0.1) is 0 Å². The van der Waals surface area contributed by atoms with Gasteiger partial charge in [0, 0.05) is 0 Å². The molecule has 7 heteroatoms. The number of hydrogen-bond donors (Lipinski definition) is 2. The highest BCUT2D eigenvalue weighted by atomic mass is 32.1. The van der Waals surface area contributed by atoms with Crippen LogP contribution in [0.4, 0.5) is 4.79 Å². The molecule has 0 radical (unpaired) electrons. The lowest BCUT2D eigenvalue weighted by Gasteiger charge is -2.25. The zero-order valence-electron chi connectivity index (χ0n) is 15.9. The number of rotatable bonds is 7. The molecule has 0 aromatic heterocycles. The summed E-state index contributed by atoms with van der Waals surface area (Å²) in [5, 5.41) is 5.55. The van der Waals surface area contributed by atoms with E-state index in [9.17, 15) is 9.59 Å². The molecule has 0 fully saturated rings. The van der Waals surface area contributed by atoms with E-state index in [0.29, 0.717) is 11.4 Å². The lowest BCUT2D eigenvalue weighted by atomic mass is 10.1. The molecule has 0 aliphatic rings. The van der Waals surface area contributed by atoms with Gasteiger partial charge in [0.05, 0.1) is 11.5 Å². The van der Waals surface area contributed by atoms with E-state index in [2.05, 4.69) is 17.6 Å². The first kappa shape index (κ1) is 22.6. The zero-order chi connectivity index (χ0) is 19.0. The van der Waals surface area contributed by atoms with Gasteiger partial charge in [-0.1, -0.05) is 32.0 Å². The van der Waals surface area contributed by atoms with Crippen molar-refractivity contribution in [1.82, 2.24) is 10.6 Å². The number of hydrogen-bond acceptors (Lipinski definition) is 5. The number of alkyl carbamates (subject to hydrolysis) is 1. The minimum absolute atomic E-state index is 0.107. The molecule has 0 saturated heterocycles. The first-order chi connectivity index (χ1) is 10.8. The van der Waals surface area contributed by atoms with Crippen LogP contribution in [-0.2, 0) is 14.3 Å². The quantitative estimate of drug-likeness (QED) is 0.536. The average molecular weight is 361 g/mol. The largest absolute Gasteiger partial charge is 0.458 e. The van der Waals surface area contributed by atoms with E-state index < -0.39 is 23.3 Å². The van der Waals surface area contributed by atoms with Crippen molar-refractivity contribution in [3.8, 4) is 0 Å². The lowest BCUT2D eigenvalue weighted by Crippen LogP contribution is -2.47. The van der Waals surface area contributed by atoms with E-state index in [-0.39, 0.29) is 12.5 Å². The van der Waals surface area contributed by atoms with Gasteiger partial charge in [0.15, 0.2) is 0 Å². The van der Waals surface area contributed by atoms with E-state index in [0.717, 1.165) is 12.8 Å². The van der Waals surface area contributed by atoms with E-state index >= 15 is 0 Å². The third kappa shape index (κ3) is 12.1. The van der Waals surface area contributed by atoms with Gasteiger partial charge in [0.25, 0.3) is 0 Å². The maximum absolute atomic E-state index is 12.3. The van der Waals surface area contributed by atoms with Crippen LogP contribution in [0.15, 0.2) is 0 Å². The Kier molecular flexibility index (Phi) is 9.25. The molecule has 24 heavy (non-hydrogen) atoms. The number of nitrogens with one attached hydrogen (secondary N) is 2. The molecule has 2 N–H and O–H groups in total. The highest BCUT2D eigenvalue weighted by Crippen LogP contribution is 2.11. The van der Waals surface area contributed by atoms with Crippen molar-refractivity contribution >= 4 is 29.3 Å². The minimum Gasteiger partial charge on any atom is -0.458 e. The number of carbonyl (C=O) groups excluding carboxylic acids is 2. The van der Waals surface area contributed by atoms with Crippen LogP contribution < -0.4 is 10.6 Å². The first-order valence-electron chi connectivity index (χ1n) is 8.33. The smallest absolute Gasteiger partial charge is 0.408 e. The number of thiocarbonyl (C=S) groups is 1. The van der Waals surface area contributed by atoms with E-state index in [1.165, 1.54) is 0 Å². The SMILES string of the molecule is CCCCC(NC(=S)CNC(=O)OC(C)(C)C)C(=O)OC(C)(C)C. The van der Waals surface area contributed by atoms with Crippen molar-refractivity contribution in [3.05, 3.63) is 0 Å². The molecule has 1 unspecified atom stereocenters. The molecule has 6 nitrogen and oxygen atoms in total. The Morgan fingerprint density at radius 3 is 2.04 bits per heavy atom. The molecule has 1 atom stereocenters. The number of esters is 1. The van der Waals surface area contributed by atoms with Crippen molar-refractivity contribution in [1.29, 1.82) is 0 Å². The highest BCUT2D eigenvalue weighted by Gasteiger charge is 2.25. The fraction of sp³-hybridized carbons (Fsp3) is 0.824. The van der Waals surface area contributed by atoms with E-state index in [1.807, 2.05) is 20.8 Å². The minimum atomic E-state index is -0.570. The summed E-state index contributed by atoms with van der Waals surface area (Å²) in [4.78, 5) is 24.3. The normalized spacial score (nSPS) is 13.0. The molecule has 0 heterocycles. The summed E-state index contributed by atoms with van der Waals surface area (Å²) in [6.45, 7) is 13.0. The Morgan fingerprint density at radius 2 is 1.58 bits per heavy atom. The third-order valence-corrected chi connectivity index (χ3v) is 2.93. The summed E-state index contributed by atoms with van der Waals surface area (Å²) in [6.07, 6.45) is 1.91. The fourth-order valence-electron chi connectivity index (χ4n) is 1.74. The number of amides is 1. The van der Waals surface area contributed by atoms with Gasteiger partial charge in [-0.05, 0) is 48.0 Å². The van der Waals surface area contributed by atoms with Crippen LogP contribution in [0.3, 0.4) is 0 Å². The van der Waals surface area contributed by atoms with Crippen LogP contribution >= 0.6 is 12.2 Å². The second kappa shape index (κ2) is 9.81. The van der Waals surface area contributed by atoms with Gasteiger partial charge in [-0.2, -0.15) is 0 Å². The summed E-state index contributed by atoms with van der Waals surface area (Å²) >= 11 is 5.21. The number of ether oxygens (including phenoxy) is 2. The van der Waals surface area contributed by atoms with Crippen LogP contribution in [0.1, 0.15) is 67.7 Å². The summed E-state index contributed by atoms with van der Waals surface area (Å²) in [5.41, 5.74) is -1.13. The van der Waals surface area contributed by atoms with Crippen molar-refractivity contribution in [2.45, 2.75) is 85.0 Å². The van der Waals surface area contributed by atoms with Crippen LogP contribution in [0.2, 0.25) is 0 Å². The maximum Gasteiger partial charge on any atom is 0.408 e. The van der Waals surface area contributed by atoms with Crippen molar-refractivity contribution in [2.24, 2.45) is 0 Å². The molecule has 0 bridgehead atoms. The van der Waals surface area contributed by atoms with Gasteiger partial charge < -0.3 is 20.1 Å². The molecule has 0 aliphatic heterocycles. The van der Waals surface area contributed by atoms with Gasteiger partial charge in [-0.25, -0.2) is 9.59 Å². The maximum atomic E-state index is 12.3. The highest BCUT2D eigenvalue weighted by molar-refractivity contribution is 7.80. The van der Waals surface area contributed by atoms with Crippen molar-refractivity contribution < 1.29 is 19.1 Å². The van der Waals surface area contributed by atoms with Crippen molar-refractivity contribution in [3.63, 3.8) is 0 Å². The van der Waals surface area contributed by atoms with Crippen LogP contribution in [0.25, 0.3) is 0 Å². The summed E-state index contributed by atoms with van der Waals surface area (Å²) < 4.78 is 10.6. The van der Waals surface area contributed by atoms with Crippen LogP contribution in [-0.4, -0.2) is 40.8 Å². The molecule has 0 aromatic rings. The summed E-state index contributed by atoms with van der Waals surface area (Å²) in [7, 11) is 0. The fourth-order valence-corrected chi connectivity index (χ4v) is 1.96. The first-order valence-corrected chi connectivity index (χ1v) is 8.74. The van der Waals surface area contributed by atoms with Gasteiger partial charge in [0.2, 0.25) is 0 Å². The Morgan fingerprint density at radius 1 is 1.04 bits per heavy atom. The second-order valence-corrected chi connectivity index (χ2v) is 8.14. The molecule has 0 spiro atoms. The monoisotopic (exact) mass is 360 g/mol. The molecular weight excluding hydrogens is 328 g/mol. The molecule has 0 rings (SSSR count). The average Bonchev–Trinajstić information content (AvgIpc) is 2.37. The zero-order valence-corrected chi connectivity index (χ0v) is 16.8. The second-order valence-electron chi connectivity index (χ2n) is 7.65. The van der Waals surface area contributed by atoms with E-state index in [4.69, 9.17) is 21.7 Å². The molecule has 0 aromatic carbocycles. The van der Waals surface area contributed by atoms with Gasteiger partial charge in [0.1, 0.15) is 17.2 Å². The standard InChI is InChI=1S/C17H32N2O4S/c1-8-9-10-12(14(20)22-16(2,3)4)19-13(24)11-18-15(21)23-17(5,6)7/h12H,8-11H2,1-7H3,(H,18,21)(H,19,24). The number of unbranched alkanes of at least 4 members (excludes halogenated alkanes) is 1. The van der Waals surface area contributed by atoms with Crippen LogP contribution in [0.5, 0.6) is 0 Å². The molecule has 0 aliphatic carbocycles. The third-order valence-electron chi connectivity index (χ3n) is 2.67. The molecular formula is C17H32N2O4S. The van der Waals surface area contributed by atoms with Gasteiger partial charge in [-0.3, -0.25) is 0 Å². The Labute approximate surface area is 151 Å². The molecule has 1 amide bonds. The predicted octanol–water partition coefficient (Wildman–Crippen LogP) is 3.33. The number of carbonyl (C=O) groups is 2. The predicted molar refractivity (Wildman–Crippen MR) is 99.1 cm³/mol. The molecule has 0 saturated carbocycles. The Balaban J connectivity index is 4.54.